The average Bonchev–Trinajstić information content (AvgIpc) is 0.748. The Morgan fingerprint density at radius 2 is 0.718 bits per heavy atom. The topological polar surface area (TPSA) is 466 Å². The van der Waals surface area contributed by atoms with Gasteiger partial charge in [-0.1, -0.05) is 79.9 Å². The zero-order valence-electron chi connectivity index (χ0n) is 66.1. The fraction of sp³-hybridized carbons (Fsp3) is 0.412. The van der Waals surface area contributed by atoms with Crippen molar-refractivity contribution in [3.05, 3.63) is 166 Å². The van der Waals surface area contributed by atoms with E-state index in [0.717, 1.165) is 60.4 Å². The molecule has 0 aliphatic carbocycles. The van der Waals surface area contributed by atoms with E-state index in [0.29, 0.717) is 29.8 Å². The SMILES string of the molecule is [B]Cc1cc(C(=O)OC(CS(=O)(=O)[O-])(C(F)(F)F)C(F)(F)F)ccc1N(C)C(=O)OC(C)(C)C.[B]Cc1cc(C(=O)OC(CS(=O)(=O)[O-])(C(F)(F)F)C(F)(F)F)ccc1NC(=O)OCC=C.[B]Cc1cc(C(=O)OC(CS(=O)(=O)[O-])(C(F)(F)F)C(F)(F)F)ccc1NC(=O)OCc1ccccc1.[B]Cc1ccc(C(=O)OC(CS(=O)(=O)[O-])(C(F)(F)F)C(F)(F)F)c(OC(C)=O)c1. The van der Waals surface area contributed by atoms with Gasteiger partial charge in [0.15, 0.2) is 0 Å². The molecule has 5 aromatic rings. The molecule has 0 heterocycles. The molecule has 0 aromatic heterocycles. The fourth-order valence-electron chi connectivity index (χ4n) is 9.65. The van der Waals surface area contributed by atoms with Crippen LogP contribution in [-0.2, 0) is 110 Å². The minimum atomic E-state index is -6.53. The van der Waals surface area contributed by atoms with Crippen LogP contribution < -0.4 is 20.3 Å². The predicted octanol–water partition coefficient (Wildman–Crippen LogP) is 11.5. The number of rotatable bonds is 28. The third kappa shape index (κ3) is 32.9. The van der Waals surface area contributed by atoms with Gasteiger partial charge < -0.3 is 56.1 Å². The molecule has 0 saturated carbocycles. The van der Waals surface area contributed by atoms with Crippen LogP contribution in [-0.4, -0.2) is 245 Å². The monoisotopic (exact) mass is 1990 g/mol. The Balaban J connectivity index is 0.000000593. The number of anilines is 3. The quantitative estimate of drug-likeness (QED) is 0.00893. The van der Waals surface area contributed by atoms with Gasteiger partial charge in [0.25, 0.3) is 0 Å². The van der Waals surface area contributed by atoms with E-state index in [9.17, 15) is 196 Å². The lowest BCUT2D eigenvalue weighted by Crippen LogP contribution is -2.63. The first-order valence-electron chi connectivity index (χ1n) is 34.1. The maximum Gasteiger partial charge on any atom is 0.438 e. The van der Waals surface area contributed by atoms with Crippen molar-refractivity contribution in [3.8, 4) is 5.75 Å². The smallest absolute Gasteiger partial charge is 0.438 e. The Hall–Kier alpha value is -10.8. The van der Waals surface area contributed by atoms with Crippen LogP contribution in [0.5, 0.6) is 5.75 Å². The van der Waals surface area contributed by atoms with Gasteiger partial charge in [0.2, 0.25) is 0 Å². The van der Waals surface area contributed by atoms with Gasteiger partial charge in [-0.05, 0) is 110 Å². The van der Waals surface area contributed by atoms with Gasteiger partial charge >= 0.3 is 120 Å². The van der Waals surface area contributed by atoms with E-state index in [2.05, 4.69) is 45.6 Å². The summed E-state index contributed by atoms with van der Waals surface area (Å²) in [5.74, 6) is -23.5. The van der Waals surface area contributed by atoms with Crippen molar-refractivity contribution < 1.29 is 234 Å². The van der Waals surface area contributed by atoms with Crippen molar-refractivity contribution in [1.29, 1.82) is 0 Å². The first kappa shape index (κ1) is 116. The maximum absolute atomic E-state index is 13.3. The molecule has 31 nitrogen and oxygen atoms in total. The van der Waals surface area contributed by atoms with E-state index in [4.69, 9.17) is 40.9 Å². The molecule has 63 heteroatoms. The van der Waals surface area contributed by atoms with Gasteiger partial charge in [0.05, 0.1) is 112 Å². The van der Waals surface area contributed by atoms with E-state index < -0.39 is 236 Å². The van der Waals surface area contributed by atoms with Gasteiger partial charge in [-0.25, -0.2) is 67.2 Å². The number of halogens is 24. The highest BCUT2D eigenvalue weighted by molar-refractivity contribution is 7.86. The van der Waals surface area contributed by atoms with Crippen LogP contribution in [0.4, 0.5) is 137 Å². The summed E-state index contributed by atoms with van der Waals surface area (Å²) in [6, 6.07) is 18.1. The van der Waals surface area contributed by atoms with Crippen LogP contribution in [0, 0.1) is 0 Å². The molecule has 0 spiro atoms. The first-order chi connectivity index (χ1) is 58.9. The van der Waals surface area contributed by atoms with Crippen LogP contribution in [0.3, 0.4) is 0 Å². The summed E-state index contributed by atoms with van der Waals surface area (Å²) in [4.78, 5) is 96.5. The van der Waals surface area contributed by atoms with Gasteiger partial charge in [-0.15, -0.1) is 0 Å². The number of esters is 5. The molecule has 0 bridgehead atoms. The third-order valence-corrected chi connectivity index (χ3v) is 18.8. The van der Waals surface area contributed by atoms with Crippen LogP contribution >= 0.6 is 0 Å². The van der Waals surface area contributed by atoms with Crippen LogP contribution in [0.25, 0.3) is 0 Å². The number of carbonyl (C=O) groups is 8. The summed E-state index contributed by atoms with van der Waals surface area (Å²) in [7, 11) is -1.77. The third-order valence-electron chi connectivity index (χ3n) is 15.7. The van der Waals surface area contributed by atoms with E-state index in [-0.39, 0.29) is 58.8 Å². The van der Waals surface area contributed by atoms with E-state index >= 15 is 0 Å². The Morgan fingerprint density at radius 1 is 0.405 bits per heavy atom. The minimum Gasteiger partial charge on any atom is -0.748 e. The number of nitrogens with one attached hydrogen (secondary N) is 2. The van der Waals surface area contributed by atoms with E-state index in [1.54, 1.807) is 51.1 Å². The predicted molar refractivity (Wildman–Crippen MR) is 394 cm³/mol. The largest absolute Gasteiger partial charge is 0.748 e. The molecule has 3 amide bonds. The summed E-state index contributed by atoms with van der Waals surface area (Å²) < 4.78 is 482. The second-order valence-electron chi connectivity index (χ2n) is 26.7. The zero-order chi connectivity index (χ0) is 102. The van der Waals surface area contributed by atoms with Gasteiger partial charge in [0, 0.05) is 31.0 Å². The summed E-state index contributed by atoms with van der Waals surface area (Å²) in [6.07, 6.45) is -55.3. The molecule has 0 fully saturated rings. The number of nitrogens with zero attached hydrogens (tertiary/aromatic N) is 1. The molecule has 2 N–H and O–H groups in total. The number of benzene rings is 5. The number of alkyl halides is 24. The number of carbonyl (C=O) groups excluding carboxylic acids is 8. The van der Waals surface area contributed by atoms with Crippen LogP contribution in [0.1, 0.15) is 96.9 Å². The summed E-state index contributed by atoms with van der Waals surface area (Å²) in [6.45, 7) is 8.50. The molecule has 5 rings (SSSR count). The highest BCUT2D eigenvalue weighted by atomic mass is 32.2. The molecule has 720 valence electrons. The fourth-order valence-corrected chi connectivity index (χ4v) is 13.2. The molecule has 0 unspecified atom stereocenters. The second-order valence-corrected chi connectivity index (χ2v) is 32.3. The molecule has 0 atom stereocenters. The number of hydrogen-bond donors (Lipinski definition) is 2. The molecule has 8 radical (unpaired) electrons. The zero-order valence-corrected chi connectivity index (χ0v) is 69.3. The number of hydrogen-bond acceptors (Lipinski definition) is 28. The standard InChI is InChI=1S/C20H16BF6NO7S.C18H20BF6NO7S.C16H14BF6NO7S.C14H11BF6O7S/c21-9-14-8-13(6-7-15(14)28-17(30)34-10-12-4-2-1-3-5-12)16(29)35-18(19(22,23)24,20(25,26)27)11-36(31,32)33;1-15(2,3)33-14(28)26(4)12-6-5-10(7-11(12)8-19)13(27)32-16(17(20,21)22,18(23,24)25)9-34(29,30)31;1-2-5-30-13(26)24-11-4-3-9(6-10(11)7-17)12(25)31-14(15(18,19)20,16(21,22)23)8-32(27,28)29;1-7(22)27-10-4-8(5-15)2-3-9(10)11(23)28-12(13(16,17)18,14(19,20)21)6-29(24,25)26/h1-8H,9-11H2,(H,28,30)(H,31,32,33);5-7H,8-9H2,1-4H3,(H,29,30,31);2-4,6H,1,5,7-8H2,(H,24,26)(H,27,28,29);2-4H,5-6H2,1H3,(H,24,25,26)/p-4. The van der Waals surface area contributed by atoms with Gasteiger partial charge in [-0.2, -0.15) is 105 Å². The number of ether oxygens (including phenoxy) is 8. The first-order valence-corrected chi connectivity index (χ1v) is 40.5. The molecule has 0 aliphatic heterocycles. The number of amides is 3. The van der Waals surface area contributed by atoms with Crippen molar-refractivity contribution >= 4 is 137 Å². The van der Waals surface area contributed by atoms with Crippen molar-refractivity contribution in [2.24, 2.45) is 0 Å². The van der Waals surface area contributed by atoms with Crippen molar-refractivity contribution in [3.63, 3.8) is 0 Å². The molecule has 0 aliphatic rings. The highest BCUT2D eigenvalue weighted by Crippen LogP contribution is 2.52. The van der Waals surface area contributed by atoms with E-state index in [1.807, 2.05) is 0 Å². The Labute approximate surface area is 728 Å². The maximum atomic E-state index is 13.3. The van der Waals surface area contributed by atoms with Crippen LogP contribution in [0.15, 0.2) is 116 Å². The molecular weight excluding hydrogens is 1930 g/mol. The van der Waals surface area contributed by atoms with Gasteiger partial charge in [-0.3, -0.25) is 20.3 Å². The van der Waals surface area contributed by atoms with Gasteiger partial charge in [0.1, 0.15) is 30.1 Å². The lowest BCUT2D eigenvalue weighted by molar-refractivity contribution is -0.356. The Bertz CT molecular complexity index is 5370. The molecular formula is C68H57B4F24N3O28S4-4. The summed E-state index contributed by atoms with van der Waals surface area (Å²) >= 11 is 0. The highest BCUT2D eigenvalue weighted by Gasteiger charge is 2.79. The second kappa shape index (κ2) is 43.7. The van der Waals surface area contributed by atoms with E-state index in [1.165, 1.54) is 13.1 Å². The van der Waals surface area contributed by atoms with Crippen LogP contribution in [0.2, 0.25) is 0 Å². The lowest BCUT2D eigenvalue weighted by atomic mass is 9.93. The Kier molecular flexibility index (Phi) is 38.8. The molecule has 131 heavy (non-hydrogen) atoms. The molecule has 0 saturated heterocycles. The molecule has 5 aromatic carbocycles. The summed E-state index contributed by atoms with van der Waals surface area (Å²) in [5, 5.41) is 4.42. The normalized spacial score (nSPS) is 13.0. The van der Waals surface area contributed by atoms with Crippen molar-refractivity contribution in [2.45, 2.75) is 137 Å². The minimum absolute atomic E-state index is 0.00772. The lowest BCUT2D eigenvalue weighted by Gasteiger charge is -2.37. The van der Waals surface area contributed by atoms with Crippen molar-refractivity contribution in [2.75, 3.05) is 52.2 Å². The van der Waals surface area contributed by atoms with Crippen molar-refractivity contribution in [1.82, 2.24) is 0 Å². The average molecular weight is 1990 g/mol. The Morgan fingerprint density at radius 3 is 1.01 bits per heavy atom. The summed E-state index contributed by atoms with van der Waals surface area (Å²) in [5.41, 5.74) is -26.9.